The average molecular weight is 664 g/mol. The highest BCUT2D eigenvalue weighted by molar-refractivity contribution is 8.02. The van der Waals surface area contributed by atoms with Gasteiger partial charge in [0.05, 0.1) is 29.2 Å². The minimum Gasteiger partial charge on any atom is -0.394 e. The number of aryl methyl sites for hydroxylation is 2. The van der Waals surface area contributed by atoms with Crippen LogP contribution < -0.4 is 4.90 Å². The monoisotopic (exact) mass is 663 g/mol. The van der Waals surface area contributed by atoms with E-state index >= 15 is 9.59 Å². The Bertz CT molecular complexity index is 1690. The molecule has 0 aromatic heterocycles. The van der Waals surface area contributed by atoms with Crippen LogP contribution in [0.3, 0.4) is 0 Å². The second-order valence-corrected chi connectivity index (χ2v) is 15.4. The zero-order valence-electron chi connectivity index (χ0n) is 28.0. The lowest BCUT2D eigenvalue weighted by Crippen LogP contribution is -2.56. The Kier molecular flexibility index (Phi) is 9.42. The predicted octanol–water partition coefficient (Wildman–Crippen LogP) is 6.25. The molecule has 2 bridgehead atoms. The zero-order valence-corrected chi connectivity index (χ0v) is 28.9. The second kappa shape index (κ2) is 13.4. The van der Waals surface area contributed by atoms with E-state index in [1.807, 2.05) is 92.7 Å². The first kappa shape index (κ1) is 33.7. The zero-order chi connectivity index (χ0) is 34.2. The number of hydrogen-bond acceptors (Lipinski definition) is 5. The van der Waals surface area contributed by atoms with Gasteiger partial charge in [-0.05, 0) is 55.9 Å². The topological polar surface area (TPSA) is 81.2 Å². The molecule has 3 aromatic rings. The van der Waals surface area contributed by atoms with E-state index in [1.165, 1.54) is 0 Å². The van der Waals surface area contributed by atoms with Crippen molar-refractivity contribution in [3.63, 3.8) is 0 Å². The average Bonchev–Trinajstić information content (AvgIpc) is 3.65. The van der Waals surface area contributed by atoms with E-state index in [0.29, 0.717) is 25.9 Å². The molecule has 3 amide bonds. The molecule has 3 heterocycles. The molecule has 8 heteroatoms. The van der Waals surface area contributed by atoms with Gasteiger partial charge in [0.25, 0.3) is 5.91 Å². The molecule has 250 valence electrons. The summed E-state index contributed by atoms with van der Waals surface area (Å²) < 4.78 is -1.39. The SMILES string of the molecule is C=CCN(Cc1ccccc1)C(=O)[C@H]1[C@H]2C(=O)N([C@H](CO)c3ccccc3)C(C(=O)N(CC=C)c3c(C)cccc3C)C23CC[C@]1(C)S3. The summed E-state index contributed by atoms with van der Waals surface area (Å²) in [6.07, 6.45) is 4.75. The van der Waals surface area contributed by atoms with Crippen LogP contribution in [0.5, 0.6) is 0 Å². The number of aliphatic hydroxyl groups is 1. The summed E-state index contributed by atoms with van der Waals surface area (Å²) in [5, 5.41) is 11.0. The van der Waals surface area contributed by atoms with E-state index in [1.54, 1.807) is 38.6 Å². The van der Waals surface area contributed by atoms with Crippen LogP contribution in [0, 0.1) is 25.7 Å². The number of rotatable bonds is 12. The van der Waals surface area contributed by atoms with Crippen LogP contribution in [-0.2, 0) is 20.9 Å². The first-order valence-electron chi connectivity index (χ1n) is 16.7. The van der Waals surface area contributed by atoms with E-state index in [0.717, 1.165) is 27.9 Å². The van der Waals surface area contributed by atoms with Crippen LogP contribution in [0.4, 0.5) is 5.69 Å². The van der Waals surface area contributed by atoms with Crippen molar-refractivity contribution in [3.8, 4) is 0 Å². The van der Waals surface area contributed by atoms with E-state index in [-0.39, 0.29) is 30.9 Å². The third-order valence-electron chi connectivity index (χ3n) is 10.6. The molecule has 1 N–H and O–H groups in total. The van der Waals surface area contributed by atoms with Gasteiger partial charge in [-0.2, -0.15) is 0 Å². The van der Waals surface area contributed by atoms with Crippen LogP contribution in [0.25, 0.3) is 0 Å². The first-order chi connectivity index (χ1) is 23.1. The summed E-state index contributed by atoms with van der Waals surface area (Å²) >= 11 is 1.65. The maximum absolute atomic E-state index is 15.3. The van der Waals surface area contributed by atoms with Crippen molar-refractivity contribution in [1.29, 1.82) is 0 Å². The number of aliphatic hydroxyl groups excluding tert-OH is 1. The number of carbonyl (C=O) groups is 3. The van der Waals surface area contributed by atoms with Gasteiger partial charge in [0.1, 0.15) is 6.04 Å². The molecule has 0 radical (unpaired) electrons. The summed E-state index contributed by atoms with van der Waals surface area (Å²) in [5.74, 6) is -1.93. The number of hydrogen-bond donors (Lipinski definition) is 1. The molecule has 0 aliphatic carbocycles. The van der Waals surface area contributed by atoms with E-state index in [2.05, 4.69) is 20.1 Å². The molecule has 1 spiro atoms. The predicted molar refractivity (Wildman–Crippen MR) is 192 cm³/mol. The molecule has 6 rings (SSSR count). The highest BCUT2D eigenvalue weighted by Crippen LogP contribution is 2.72. The number of thioether (sulfide) groups is 1. The van der Waals surface area contributed by atoms with Gasteiger partial charge in [-0.3, -0.25) is 14.4 Å². The normalized spacial score (nSPS) is 26.2. The maximum atomic E-state index is 15.3. The number of carbonyl (C=O) groups excluding carboxylic acids is 3. The summed E-state index contributed by atoms with van der Waals surface area (Å²) in [5.41, 5.74) is 4.43. The van der Waals surface area contributed by atoms with Crippen LogP contribution in [0.2, 0.25) is 0 Å². The molecule has 2 unspecified atom stereocenters. The van der Waals surface area contributed by atoms with Crippen LogP contribution in [0.15, 0.2) is 104 Å². The van der Waals surface area contributed by atoms with Crippen LogP contribution >= 0.6 is 11.8 Å². The molecule has 48 heavy (non-hydrogen) atoms. The molecule has 0 saturated carbocycles. The van der Waals surface area contributed by atoms with E-state index in [9.17, 15) is 9.90 Å². The number of benzene rings is 3. The van der Waals surface area contributed by atoms with Crippen molar-refractivity contribution in [2.45, 2.75) is 61.7 Å². The fourth-order valence-corrected chi connectivity index (χ4v) is 10.9. The third kappa shape index (κ3) is 5.49. The molecule has 3 saturated heterocycles. The number of likely N-dealkylation sites (tertiary alicyclic amines) is 1. The van der Waals surface area contributed by atoms with E-state index in [4.69, 9.17) is 0 Å². The number of nitrogens with zero attached hydrogens (tertiary/aromatic N) is 3. The molecule has 3 aliphatic rings. The number of para-hydroxylation sites is 1. The van der Waals surface area contributed by atoms with Crippen LogP contribution in [-0.4, -0.2) is 67.9 Å². The van der Waals surface area contributed by atoms with Gasteiger partial charge in [-0.1, -0.05) is 91.0 Å². The molecular weight excluding hydrogens is 619 g/mol. The lowest BCUT2D eigenvalue weighted by atomic mass is 9.66. The molecular formula is C40H45N3O4S. The Hall–Kier alpha value is -4.14. The largest absolute Gasteiger partial charge is 0.394 e. The van der Waals surface area contributed by atoms with Crippen molar-refractivity contribution in [2.24, 2.45) is 11.8 Å². The second-order valence-electron chi connectivity index (χ2n) is 13.6. The molecule has 3 aromatic carbocycles. The summed E-state index contributed by atoms with van der Waals surface area (Å²) in [7, 11) is 0. The van der Waals surface area contributed by atoms with Gasteiger partial charge in [-0.15, -0.1) is 24.9 Å². The number of amides is 3. The summed E-state index contributed by atoms with van der Waals surface area (Å²) in [6, 6.07) is 23.5. The standard InChI is InChI=1S/C40H45N3O4S/c1-6-23-41(25-29-17-10-8-11-18-29)36(45)32-33-37(46)43(31(26-44)30-19-12-9-13-20-30)35(40(33)22-21-39(32,5)48-40)38(47)42(24-7-2)34-27(3)15-14-16-28(34)4/h6-20,31-33,35,44H,1-2,21-26H2,3-5H3/t31-,32-,33+,35?,39+,40?/m1/s1. The molecule has 3 fully saturated rings. The Morgan fingerprint density at radius 2 is 1.56 bits per heavy atom. The Morgan fingerprint density at radius 3 is 2.17 bits per heavy atom. The Labute approximate surface area is 288 Å². The van der Waals surface area contributed by atoms with Gasteiger partial charge in [0.2, 0.25) is 11.8 Å². The van der Waals surface area contributed by atoms with Gasteiger partial charge in [-0.25, -0.2) is 0 Å². The van der Waals surface area contributed by atoms with Crippen molar-refractivity contribution >= 4 is 35.2 Å². The molecule has 6 atom stereocenters. The molecule has 7 nitrogen and oxygen atoms in total. The number of fused-ring (bicyclic) bond motifs is 1. The van der Waals surface area contributed by atoms with Gasteiger partial charge in [0.15, 0.2) is 0 Å². The van der Waals surface area contributed by atoms with Crippen molar-refractivity contribution in [2.75, 3.05) is 24.6 Å². The fourth-order valence-electron chi connectivity index (χ4n) is 8.57. The minimum atomic E-state index is -0.905. The lowest BCUT2D eigenvalue weighted by molar-refractivity contribution is -0.146. The van der Waals surface area contributed by atoms with Crippen molar-refractivity contribution < 1.29 is 19.5 Å². The lowest BCUT2D eigenvalue weighted by Gasteiger charge is -2.40. The minimum absolute atomic E-state index is 0.0975. The fraction of sp³-hybridized carbons (Fsp3) is 0.375. The van der Waals surface area contributed by atoms with Gasteiger partial charge in [0, 0.05) is 30.1 Å². The summed E-state index contributed by atoms with van der Waals surface area (Å²) in [6.45, 7) is 14.6. The maximum Gasteiger partial charge on any atom is 0.251 e. The van der Waals surface area contributed by atoms with Gasteiger partial charge >= 0.3 is 0 Å². The van der Waals surface area contributed by atoms with Crippen LogP contribution in [0.1, 0.15) is 48.1 Å². The third-order valence-corrected chi connectivity index (χ3v) is 12.6. The molecule has 3 aliphatic heterocycles. The number of anilines is 1. The highest BCUT2D eigenvalue weighted by atomic mass is 32.2. The smallest absolute Gasteiger partial charge is 0.251 e. The van der Waals surface area contributed by atoms with Crippen molar-refractivity contribution in [3.05, 3.63) is 126 Å². The van der Waals surface area contributed by atoms with E-state index < -0.39 is 33.4 Å². The Morgan fingerprint density at radius 1 is 0.938 bits per heavy atom. The van der Waals surface area contributed by atoms with Crippen molar-refractivity contribution in [1.82, 2.24) is 9.80 Å². The summed E-state index contributed by atoms with van der Waals surface area (Å²) in [4.78, 5) is 50.4. The van der Waals surface area contributed by atoms with Gasteiger partial charge < -0.3 is 19.8 Å². The highest BCUT2D eigenvalue weighted by Gasteiger charge is 2.78. The quantitative estimate of drug-likeness (QED) is 0.232. The first-order valence-corrected chi connectivity index (χ1v) is 17.5. The Balaban J connectivity index is 1.49.